The van der Waals surface area contributed by atoms with Crippen LogP contribution in [0, 0.1) is 19.9 Å². The molecule has 3 heteroatoms. The molecule has 0 amide bonds. The molecule has 34 heavy (non-hydrogen) atoms. The van der Waals surface area contributed by atoms with Gasteiger partial charge in [-0.3, -0.25) is 6.08 Å². The van der Waals surface area contributed by atoms with Crippen LogP contribution >= 0.6 is 24.8 Å². The Balaban J connectivity index is 0.000000840. The molecule has 184 valence electrons. The van der Waals surface area contributed by atoms with E-state index >= 15 is 0 Å². The van der Waals surface area contributed by atoms with Crippen molar-refractivity contribution in [2.45, 2.75) is 86.5 Å². The van der Waals surface area contributed by atoms with E-state index in [9.17, 15) is 0 Å². The molecule has 4 rings (SSSR count). The quantitative estimate of drug-likeness (QED) is 0.234. The molecule has 1 aromatic rings. The van der Waals surface area contributed by atoms with E-state index in [0.717, 1.165) is 6.42 Å². The van der Waals surface area contributed by atoms with Crippen LogP contribution in [-0.2, 0) is 35.1 Å². The summed E-state index contributed by atoms with van der Waals surface area (Å²) in [5.74, 6) is 0. The normalized spacial score (nSPS) is 12.4. The molecule has 0 radical (unpaired) electrons. The molecule has 0 bridgehead atoms. The summed E-state index contributed by atoms with van der Waals surface area (Å²) in [7, 11) is 0. The number of aryl methyl sites for hydroxylation is 2. The van der Waals surface area contributed by atoms with Crippen LogP contribution in [0.15, 0.2) is 48.6 Å². The van der Waals surface area contributed by atoms with Crippen LogP contribution < -0.4 is 0 Å². The molecule has 0 aliphatic heterocycles. The van der Waals surface area contributed by atoms with Gasteiger partial charge in [-0.05, 0) is 23.3 Å². The van der Waals surface area contributed by atoms with Gasteiger partial charge in [0.2, 0.25) is 0 Å². The first kappa shape index (κ1) is 33.1. The van der Waals surface area contributed by atoms with Gasteiger partial charge < -0.3 is 0 Å². The van der Waals surface area contributed by atoms with Crippen LogP contribution in [0.1, 0.15) is 84.1 Å². The van der Waals surface area contributed by atoms with Crippen LogP contribution in [0.3, 0.4) is 0 Å². The van der Waals surface area contributed by atoms with Gasteiger partial charge in [0.15, 0.2) is 0 Å². The molecular formula is C31H42Cl2Zr. The van der Waals surface area contributed by atoms with Crippen LogP contribution in [0.25, 0.3) is 21.9 Å². The van der Waals surface area contributed by atoms with Crippen LogP contribution in [-0.4, -0.2) is 3.21 Å². The monoisotopic (exact) mass is 574 g/mol. The van der Waals surface area contributed by atoms with Gasteiger partial charge in [0.25, 0.3) is 0 Å². The molecule has 3 aliphatic carbocycles. The molecule has 0 heterocycles. The predicted octanol–water partition coefficient (Wildman–Crippen LogP) is 9.77. The Morgan fingerprint density at radius 2 is 1.44 bits per heavy atom. The Morgan fingerprint density at radius 1 is 0.882 bits per heavy atom. The Bertz CT molecular complexity index is 1100. The number of rotatable bonds is 0. The van der Waals surface area contributed by atoms with Crippen molar-refractivity contribution >= 4 is 38.8 Å². The van der Waals surface area contributed by atoms with Crippen molar-refractivity contribution in [1.82, 2.24) is 0 Å². The molecule has 0 spiro atoms. The van der Waals surface area contributed by atoms with Gasteiger partial charge in [0, 0.05) is 0 Å². The summed E-state index contributed by atoms with van der Waals surface area (Å²) in [5.41, 5.74) is 8.81. The second-order valence-corrected chi connectivity index (χ2v) is 13.6. The number of hydrogen-bond acceptors (Lipinski definition) is 0. The molecule has 3 aliphatic rings. The first-order valence-corrected chi connectivity index (χ1v) is 12.8. The van der Waals surface area contributed by atoms with Crippen molar-refractivity contribution < 1.29 is 24.2 Å². The van der Waals surface area contributed by atoms with Crippen LogP contribution in [0.4, 0.5) is 0 Å². The summed E-state index contributed by atoms with van der Waals surface area (Å²) in [5, 5.41) is 2.82. The Kier molecular flexibility index (Phi) is 13.1. The summed E-state index contributed by atoms with van der Waals surface area (Å²) >= 11 is 1.55. The maximum atomic E-state index is 2.99. The van der Waals surface area contributed by atoms with Crippen LogP contribution in [0.5, 0.6) is 0 Å². The molecule has 0 saturated heterocycles. The van der Waals surface area contributed by atoms with E-state index < -0.39 is 0 Å². The molecule has 0 nitrogen and oxygen atoms in total. The average Bonchev–Trinajstić information content (AvgIpc) is 3.31. The van der Waals surface area contributed by atoms with E-state index in [1.54, 1.807) is 24.2 Å². The maximum Gasteiger partial charge on any atom is -0.0132 e. The average molecular weight is 577 g/mol. The zero-order valence-electron chi connectivity index (χ0n) is 22.6. The number of hydrogen-bond donors (Lipinski definition) is 0. The largest absolute Gasteiger partial charge is 0.273 e. The molecule has 0 atom stereocenters. The Morgan fingerprint density at radius 3 is 1.85 bits per heavy atom. The second kappa shape index (κ2) is 13.4. The zero-order valence-corrected chi connectivity index (χ0v) is 26.7. The maximum absolute atomic E-state index is 2.99. The molecule has 0 saturated carbocycles. The van der Waals surface area contributed by atoms with Gasteiger partial charge in [0.1, 0.15) is 0 Å². The SMILES string of the molecule is C[C](C)=[Zr+2].Cc1cc(C(C)(C)C)cc2c3cc(C(C)(C)C)c[c-](C)c-3cc12.Cl.Cl.[C-]1=CC=CC1. The van der Waals surface area contributed by atoms with Crippen molar-refractivity contribution in [3.05, 3.63) is 76.9 Å². The third-order valence-corrected chi connectivity index (χ3v) is 5.67. The minimum atomic E-state index is 0. The van der Waals surface area contributed by atoms with Crippen molar-refractivity contribution in [1.29, 1.82) is 0 Å². The van der Waals surface area contributed by atoms with E-state index in [1.165, 1.54) is 47.4 Å². The number of allylic oxidation sites excluding steroid dienone is 4. The van der Waals surface area contributed by atoms with E-state index in [1.807, 2.05) is 12.2 Å². The smallest absolute Gasteiger partial charge is 0.0132 e. The van der Waals surface area contributed by atoms with Crippen LogP contribution in [0.2, 0.25) is 0 Å². The molecular weight excluding hydrogens is 534 g/mol. The number of halogens is 2. The number of fused-ring (bicyclic) bond motifs is 3. The zero-order chi connectivity index (χ0) is 24.3. The fourth-order valence-corrected chi connectivity index (χ4v) is 3.78. The van der Waals surface area contributed by atoms with Gasteiger partial charge in [-0.15, -0.1) is 71.7 Å². The summed E-state index contributed by atoms with van der Waals surface area (Å²) < 4.78 is 1.51. The summed E-state index contributed by atoms with van der Waals surface area (Å²) in [6.45, 7) is 22.5. The van der Waals surface area contributed by atoms with Gasteiger partial charge in [-0.1, -0.05) is 76.9 Å². The molecule has 0 aromatic heterocycles. The third kappa shape index (κ3) is 8.97. The minimum Gasteiger partial charge on any atom is -0.273 e. The van der Waals surface area contributed by atoms with Crippen molar-refractivity contribution in [2.75, 3.05) is 0 Å². The first-order valence-electron chi connectivity index (χ1n) is 11.6. The molecule has 0 N–H and O–H groups in total. The topological polar surface area (TPSA) is 0 Å². The molecule has 1 aromatic carbocycles. The fourth-order valence-electron chi connectivity index (χ4n) is 3.78. The standard InChI is InChI=1S/C23H29.C5H5.C3H6.2ClH.Zr/c1-14-9-16(22(3,4)5)11-20-18(14)13-19-15(2)10-17(12-21(19)20)23(6,7)8;1-2-4-5-3-1;1-3-2;;;/h9-13H,1-8H3;1-3H,4H2;1-2H3;2*1H;/q2*-1;;;;+2. The predicted molar refractivity (Wildman–Crippen MR) is 155 cm³/mol. The van der Waals surface area contributed by atoms with Crippen molar-refractivity contribution in [2.24, 2.45) is 0 Å². The minimum absolute atomic E-state index is 0. The third-order valence-electron chi connectivity index (χ3n) is 5.67. The van der Waals surface area contributed by atoms with E-state index in [0.29, 0.717) is 0 Å². The van der Waals surface area contributed by atoms with E-state index in [2.05, 4.69) is 112 Å². The van der Waals surface area contributed by atoms with Gasteiger partial charge in [0.05, 0.1) is 0 Å². The van der Waals surface area contributed by atoms with E-state index in [-0.39, 0.29) is 35.6 Å². The molecule has 0 unspecified atom stereocenters. The van der Waals surface area contributed by atoms with Gasteiger partial charge in [-0.2, -0.15) is 6.08 Å². The fraction of sp³-hybridized carbons (Fsp3) is 0.419. The second-order valence-electron chi connectivity index (χ2n) is 11.2. The molecule has 0 fully saturated rings. The summed E-state index contributed by atoms with van der Waals surface area (Å²) in [6, 6.07) is 11.9. The first-order chi connectivity index (χ1) is 14.7. The number of benzene rings is 2. The van der Waals surface area contributed by atoms with E-state index in [4.69, 9.17) is 0 Å². The van der Waals surface area contributed by atoms with Gasteiger partial charge >= 0.3 is 41.3 Å². The Hall–Kier alpha value is -0.877. The summed E-state index contributed by atoms with van der Waals surface area (Å²) in [6.07, 6.45) is 10.0. The Labute approximate surface area is 236 Å². The van der Waals surface area contributed by atoms with Gasteiger partial charge in [-0.25, -0.2) is 12.2 Å². The van der Waals surface area contributed by atoms with Crippen molar-refractivity contribution in [3.8, 4) is 11.1 Å². The van der Waals surface area contributed by atoms with Crippen molar-refractivity contribution in [3.63, 3.8) is 0 Å². The summed E-state index contributed by atoms with van der Waals surface area (Å²) in [4.78, 5) is 0.